The molecular formula is C15H21BrN4OS. The molecule has 0 bridgehead atoms. The molecule has 7 heteroatoms. The summed E-state index contributed by atoms with van der Waals surface area (Å²) in [5.74, 6) is 0. The summed E-state index contributed by atoms with van der Waals surface area (Å²) in [5, 5.41) is 8.02. The summed E-state index contributed by atoms with van der Waals surface area (Å²) in [6.07, 6.45) is 0. The molecule has 22 heavy (non-hydrogen) atoms. The maximum absolute atomic E-state index is 5.32. The van der Waals surface area contributed by atoms with Crippen LogP contribution in [0.3, 0.4) is 0 Å². The third-order valence-electron chi connectivity index (χ3n) is 3.38. The Bertz CT molecular complexity index is 532. The van der Waals surface area contributed by atoms with Crippen LogP contribution in [0.4, 0.5) is 0 Å². The molecule has 0 aliphatic carbocycles. The van der Waals surface area contributed by atoms with Gasteiger partial charge in [0.05, 0.1) is 18.9 Å². The van der Waals surface area contributed by atoms with Crippen molar-refractivity contribution < 1.29 is 4.74 Å². The lowest BCUT2D eigenvalue weighted by Crippen LogP contribution is -2.42. The van der Waals surface area contributed by atoms with Crippen LogP contribution in [-0.2, 0) is 4.74 Å². The summed E-state index contributed by atoms with van der Waals surface area (Å²) in [7, 11) is 0. The van der Waals surface area contributed by atoms with Gasteiger partial charge >= 0.3 is 0 Å². The number of nitrogens with one attached hydrogen (secondary N) is 2. The SMILES string of the molecule is C/C(=N/NC(=S)NCCN1CCOCC1)c1cccc(Br)c1. The molecule has 1 heterocycles. The van der Waals surface area contributed by atoms with Gasteiger partial charge in [0.1, 0.15) is 0 Å². The number of benzene rings is 1. The van der Waals surface area contributed by atoms with E-state index >= 15 is 0 Å². The Balaban J connectivity index is 1.71. The number of morpholine rings is 1. The van der Waals surface area contributed by atoms with Crippen LogP contribution in [0.5, 0.6) is 0 Å². The van der Waals surface area contributed by atoms with Gasteiger partial charge in [-0.05, 0) is 36.8 Å². The minimum Gasteiger partial charge on any atom is -0.379 e. The van der Waals surface area contributed by atoms with Crippen LogP contribution in [-0.4, -0.2) is 55.1 Å². The number of nitrogens with zero attached hydrogens (tertiary/aromatic N) is 2. The van der Waals surface area contributed by atoms with Crippen LogP contribution in [0.25, 0.3) is 0 Å². The van der Waals surface area contributed by atoms with Gasteiger partial charge in [-0.25, -0.2) is 0 Å². The second kappa shape index (κ2) is 9.19. The van der Waals surface area contributed by atoms with Crippen molar-refractivity contribution >= 4 is 39.0 Å². The zero-order valence-electron chi connectivity index (χ0n) is 12.6. The van der Waals surface area contributed by atoms with Crippen LogP contribution in [0.1, 0.15) is 12.5 Å². The molecule has 0 amide bonds. The van der Waals surface area contributed by atoms with E-state index in [9.17, 15) is 0 Å². The summed E-state index contributed by atoms with van der Waals surface area (Å²) in [4.78, 5) is 2.36. The van der Waals surface area contributed by atoms with Gasteiger partial charge in [0, 0.05) is 30.7 Å². The maximum Gasteiger partial charge on any atom is 0.187 e. The van der Waals surface area contributed by atoms with Gasteiger partial charge in [0.2, 0.25) is 0 Å². The first-order valence-corrected chi connectivity index (χ1v) is 8.49. The van der Waals surface area contributed by atoms with Crippen LogP contribution in [0, 0.1) is 0 Å². The van der Waals surface area contributed by atoms with Crippen molar-refractivity contribution in [3.05, 3.63) is 34.3 Å². The molecule has 0 saturated carbocycles. The van der Waals surface area contributed by atoms with E-state index in [1.807, 2.05) is 31.2 Å². The van der Waals surface area contributed by atoms with Crippen molar-refractivity contribution in [2.75, 3.05) is 39.4 Å². The predicted molar refractivity (Wildman–Crippen MR) is 97.3 cm³/mol. The zero-order valence-corrected chi connectivity index (χ0v) is 15.0. The fraction of sp³-hybridized carbons (Fsp3) is 0.467. The van der Waals surface area contributed by atoms with Crippen molar-refractivity contribution in [3.8, 4) is 0 Å². The average Bonchev–Trinajstić information content (AvgIpc) is 2.53. The van der Waals surface area contributed by atoms with Crippen molar-refractivity contribution in [2.24, 2.45) is 5.10 Å². The molecule has 1 aromatic rings. The Morgan fingerprint density at radius 1 is 1.41 bits per heavy atom. The Morgan fingerprint density at radius 2 is 2.18 bits per heavy atom. The van der Waals surface area contributed by atoms with E-state index in [4.69, 9.17) is 17.0 Å². The molecule has 1 saturated heterocycles. The second-order valence-electron chi connectivity index (χ2n) is 5.03. The van der Waals surface area contributed by atoms with E-state index in [1.54, 1.807) is 0 Å². The fourth-order valence-electron chi connectivity index (χ4n) is 2.10. The summed E-state index contributed by atoms with van der Waals surface area (Å²) >= 11 is 8.69. The number of hydrazone groups is 1. The van der Waals surface area contributed by atoms with Crippen LogP contribution in [0.2, 0.25) is 0 Å². The highest BCUT2D eigenvalue weighted by atomic mass is 79.9. The Kier molecular flexibility index (Phi) is 7.24. The fourth-order valence-corrected chi connectivity index (χ4v) is 2.65. The van der Waals surface area contributed by atoms with Crippen LogP contribution in [0.15, 0.2) is 33.8 Å². The first kappa shape index (κ1) is 17.3. The van der Waals surface area contributed by atoms with Crippen molar-refractivity contribution in [1.82, 2.24) is 15.6 Å². The lowest BCUT2D eigenvalue weighted by Gasteiger charge is -2.26. The van der Waals surface area contributed by atoms with Crippen molar-refractivity contribution in [1.29, 1.82) is 0 Å². The standard InChI is InChI=1S/C15H21BrN4OS/c1-12(13-3-2-4-14(16)11-13)18-19-15(22)17-5-6-20-7-9-21-10-8-20/h2-4,11H,5-10H2,1H3,(H2,17,19,22)/b18-12-. The topological polar surface area (TPSA) is 48.9 Å². The van der Waals surface area contributed by atoms with E-state index in [0.717, 1.165) is 55.1 Å². The molecule has 0 radical (unpaired) electrons. The number of halogens is 1. The van der Waals surface area contributed by atoms with Gasteiger partial charge in [-0.15, -0.1) is 0 Å². The smallest absolute Gasteiger partial charge is 0.187 e. The van der Waals surface area contributed by atoms with E-state index in [-0.39, 0.29) is 0 Å². The van der Waals surface area contributed by atoms with Crippen LogP contribution < -0.4 is 10.7 Å². The number of rotatable bonds is 5. The van der Waals surface area contributed by atoms with Crippen molar-refractivity contribution in [3.63, 3.8) is 0 Å². The Morgan fingerprint density at radius 3 is 2.91 bits per heavy atom. The molecule has 0 spiro atoms. The lowest BCUT2D eigenvalue weighted by atomic mass is 10.1. The molecule has 1 aliphatic heterocycles. The summed E-state index contributed by atoms with van der Waals surface area (Å²) < 4.78 is 6.35. The number of thiocarbonyl (C=S) groups is 1. The number of hydrogen-bond donors (Lipinski definition) is 2. The quantitative estimate of drug-likeness (QED) is 0.461. The second-order valence-corrected chi connectivity index (χ2v) is 6.35. The summed E-state index contributed by atoms with van der Waals surface area (Å²) in [6.45, 7) is 7.32. The molecule has 1 fully saturated rings. The molecule has 2 N–H and O–H groups in total. The van der Waals surface area contributed by atoms with Gasteiger partial charge in [-0.1, -0.05) is 28.1 Å². The van der Waals surface area contributed by atoms with Gasteiger partial charge in [-0.2, -0.15) is 5.10 Å². The van der Waals surface area contributed by atoms with E-state index in [0.29, 0.717) is 5.11 Å². The van der Waals surface area contributed by atoms with E-state index in [2.05, 4.69) is 36.7 Å². The van der Waals surface area contributed by atoms with Gasteiger partial charge < -0.3 is 10.1 Å². The van der Waals surface area contributed by atoms with Gasteiger partial charge in [0.15, 0.2) is 5.11 Å². The average molecular weight is 385 g/mol. The monoisotopic (exact) mass is 384 g/mol. The van der Waals surface area contributed by atoms with E-state index < -0.39 is 0 Å². The maximum atomic E-state index is 5.32. The van der Waals surface area contributed by atoms with Gasteiger partial charge in [0.25, 0.3) is 0 Å². The highest BCUT2D eigenvalue weighted by Gasteiger charge is 2.09. The molecule has 0 unspecified atom stereocenters. The Labute approximate surface area is 145 Å². The number of hydrogen-bond acceptors (Lipinski definition) is 4. The lowest BCUT2D eigenvalue weighted by molar-refractivity contribution is 0.0389. The molecule has 5 nitrogen and oxygen atoms in total. The minimum absolute atomic E-state index is 0.544. The third-order valence-corrected chi connectivity index (χ3v) is 4.11. The molecule has 1 aliphatic rings. The molecular weight excluding hydrogens is 364 g/mol. The first-order valence-electron chi connectivity index (χ1n) is 7.29. The van der Waals surface area contributed by atoms with E-state index in [1.165, 1.54) is 0 Å². The highest BCUT2D eigenvalue weighted by Crippen LogP contribution is 2.12. The molecule has 0 aromatic heterocycles. The highest BCUT2D eigenvalue weighted by molar-refractivity contribution is 9.10. The summed E-state index contributed by atoms with van der Waals surface area (Å²) in [5.41, 5.74) is 4.83. The third kappa shape index (κ3) is 6.00. The van der Waals surface area contributed by atoms with Gasteiger partial charge in [-0.3, -0.25) is 10.3 Å². The normalized spacial score (nSPS) is 16.4. The summed E-state index contributed by atoms with van der Waals surface area (Å²) in [6, 6.07) is 8.01. The minimum atomic E-state index is 0.544. The van der Waals surface area contributed by atoms with Crippen molar-refractivity contribution in [2.45, 2.75) is 6.92 Å². The predicted octanol–water partition coefficient (Wildman–Crippen LogP) is 1.97. The molecule has 0 atom stereocenters. The Hall–Kier alpha value is -1.02. The molecule has 1 aromatic carbocycles. The molecule has 120 valence electrons. The number of ether oxygens (including phenoxy) is 1. The largest absolute Gasteiger partial charge is 0.379 e. The zero-order chi connectivity index (χ0) is 15.8. The first-order chi connectivity index (χ1) is 10.6. The van der Waals surface area contributed by atoms with Crippen LogP contribution >= 0.6 is 28.1 Å². The molecule has 2 rings (SSSR count).